The van der Waals surface area contributed by atoms with Crippen LogP contribution in [0.1, 0.15) is 0 Å². The van der Waals surface area contributed by atoms with Gasteiger partial charge in [0.05, 0.1) is 5.52 Å². The number of H-pyrrole nitrogens is 1. The molecule has 2 aromatic carbocycles. The highest BCUT2D eigenvalue weighted by atomic mass is 35.5. The fourth-order valence-corrected chi connectivity index (χ4v) is 3.72. The summed E-state index contributed by atoms with van der Waals surface area (Å²) in [4.78, 5) is 7.14. The molecule has 0 radical (unpaired) electrons. The van der Waals surface area contributed by atoms with Crippen molar-refractivity contribution in [2.45, 2.75) is 0 Å². The lowest BCUT2D eigenvalue weighted by molar-refractivity contribution is 0.387. The standard InChI is InChI=1S/C19H17Cl2N5OS/c20-12-1-4-14(5-2-12)25-7-9-26(10-8-25)19(28)24-23-17-15-11-13(21)3-6-16(15)22-18(17)27/h1-6,11,22,27H,7-10H2. The quantitative estimate of drug-likeness (QED) is 0.420. The molecular weight excluding hydrogens is 417 g/mol. The van der Waals surface area contributed by atoms with Gasteiger partial charge in [0.2, 0.25) is 11.0 Å². The Morgan fingerprint density at radius 3 is 2.39 bits per heavy atom. The summed E-state index contributed by atoms with van der Waals surface area (Å²) < 4.78 is 0. The summed E-state index contributed by atoms with van der Waals surface area (Å²) >= 11 is 17.4. The van der Waals surface area contributed by atoms with E-state index in [0.717, 1.165) is 42.4 Å². The van der Waals surface area contributed by atoms with E-state index < -0.39 is 0 Å². The monoisotopic (exact) mass is 433 g/mol. The Morgan fingerprint density at radius 1 is 1.00 bits per heavy atom. The number of benzene rings is 2. The van der Waals surface area contributed by atoms with Crippen LogP contribution >= 0.6 is 35.4 Å². The number of thiocarbonyl (C=S) groups is 1. The van der Waals surface area contributed by atoms with E-state index in [4.69, 9.17) is 35.4 Å². The first-order valence-electron chi connectivity index (χ1n) is 8.72. The van der Waals surface area contributed by atoms with Gasteiger partial charge < -0.3 is 19.9 Å². The predicted octanol–water partition coefficient (Wildman–Crippen LogP) is 5.37. The van der Waals surface area contributed by atoms with Crippen LogP contribution in [-0.2, 0) is 0 Å². The molecule has 1 aromatic heterocycles. The molecule has 0 amide bonds. The van der Waals surface area contributed by atoms with Gasteiger partial charge in [-0.25, -0.2) is 0 Å². The van der Waals surface area contributed by atoms with Crippen LogP contribution in [0.2, 0.25) is 10.0 Å². The van der Waals surface area contributed by atoms with Crippen LogP contribution in [0.25, 0.3) is 10.9 Å². The van der Waals surface area contributed by atoms with Crippen molar-refractivity contribution in [3.63, 3.8) is 0 Å². The van der Waals surface area contributed by atoms with E-state index in [-0.39, 0.29) is 5.88 Å². The molecule has 9 heteroatoms. The van der Waals surface area contributed by atoms with E-state index in [1.54, 1.807) is 18.2 Å². The smallest absolute Gasteiger partial charge is 0.218 e. The van der Waals surface area contributed by atoms with Gasteiger partial charge in [-0.3, -0.25) is 0 Å². The molecule has 4 rings (SSSR count). The Balaban J connectivity index is 1.43. The minimum Gasteiger partial charge on any atom is -0.493 e. The summed E-state index contributed by atoms with van der Waals surface area (Å²) in [6, 6.07) is 13.1. The molecule has 2 N–H and O–H groups in total. The normalized spacial score (nSPS) is 14.9. The molecule has 6 nitrogen and oxygen atoms in total. The number of halogens is 2. The van der Waals surface area contributed by atoms with E-state index in [1.807, 2.05) is 29.2 Å². The highest BCUT2D eigenvalue weighted by Gasteiger charge is 2.19. The van der Waals surface area contributed by atoms with Crippen molar-refractivity contribution >= 4 is 62.8 Å². The van der Waals surface area contributed by atoms with E-state index in [0.29, 0.717) is 21.2 Å². The van der Waals surface area contributed by atoms with E-state index in [2.05, 4.69) is 20.1 Å². The van der Waals surface area contributed by atoms with Gasteiger partial charge in [-0.05, 0) is 54.7 Å². The van der Waals surface area contributed by atoms with E-state index in [9.17, 15) is 5.11 Å². The lowest BCUT2D eigenvalue weighted by Crippen LogP contribution is -2.47. The Hall–Kier alpha value is -2.35. The van der Waals surface area contributed by atoms with Gasteiger partial charge >= 0.3 is 0 Å². The summed E-state index contributed by atoms with van der Waals surface area (Å²) in [6.07, 6.45) is 0. The fourth-order valence-electron chi connectivity index (χ4n) is 3.20. The van der Waals surface area contributed by atoms with Crippen LogP contribution in [0.5, 0.6) is 5.88 Å². The molecule has 1 fully saturated rings. The van der Waals surface area contributed by atoms with Crippen LogP contribution in [-0.4, -0.2) is 46.3 Å². The number of aromatic amines is 1. The van der Waals surface area contributed by atoms with Gasteiger partial charge in [-0.1, -0.05) is 23.2 Å². The number of hydrogen-bond donors (Lipinski definition) is 2. The zero-order valence-corrected chi connectivity index (χ0v) is 17.1. The fraction of sp³-hybridized carbons (Fsp3) is 0.211. The van der Waals surface area contributed by atoms with Gasteiger partial charge in [-0.15, -0.1) is 10.2 Å². The first-order chi connectivity index (χ1) is 13.5. The van der Waals surface area contributed by atoms with Gasteiger partial charge in [0.1, 0.15) is 0 Å². The molecule has 1 aliphatic rings. The van der Waals surface area contributed by atoms with E-state index >= 15 is 0 Å². The minimum absolute atomic E-state index is 0.0589. The maximum absolute atomic E-state index is 10.1. The Bertz CT molecular complexity index is 1040. The first kappa shape index (κ1) is 19.0. The molecule has 0 spiro atoms. The minimum atomic E-state index is -0.0589. The molecule has 0 bridgehead atoms. The van der Waals surface area contributed by atoms with E-state index in [1.165, 1.54) is 0 Å². The Kier molecular flexibility index (Phi) is 5.39. The number of nitrogens with zero attached hydrogens (tertiary/aromatic N) is 4. The summed E-state index contributed by atoms with van der Waals surface area (Å²) in [7, 11) is 0. The highest BCUT2D eigenvalue weighted by molar-refractivity contribution is 7.80. The van der Waals surface area contributed by atoms with Gasteiger partial charge in [-0.2, -0.15) is 0 Å². The highest BCUT2D eigenvalue weighted by Crippen LogP contribution is 2.36. The number of rotatable bonds is 2. The third kappa shape index (κ3) is 3.92. The Morgan fingerprint density at radius 2 is 1.68 bits per heavy atom. The number of aromatic hydroxyl groups is 1. The molecule has 0 saturated carbocycles. The first-order valence-corrected chi connectivity index (χ1v) is 9.89. The maximum Gasteiger partial charge on any atom is 0.218 e. The molecule has 1 aliphatic heterocycles. The molecule has 1 saturated heterocycles. The number of fused-ring (bicyclic) bond motifs is 1. The van der Waals surface area contributed by atoms with Crippen molar-refractivity contribution in [2.24, 2.45) is 10.2 Å². The number of azo groups is 1. The lowest BCUT2D eigenvalue weighted by Gasteiger charge is -2.36. The van der Waals surface area contributed by atoms with Crippen LogP contribution in [0, 0.1) is 0 Å². The van der Waals surface area contributed by atoms with Crippen molar-refractivity contribution in [3.05, 3.63) is 52.5 Å². The maximum atomic E-state index is 10.1. The second kappa shape index (κ2) is 7.95. The average Bonchev–Trinajstić information content (AvgIpc) is 3.01. The zero-order chi connectivity index (χ0) is 19.7. The van der Waals surface area contributed by atoms with Crippen LogP contribution in [0.4, 0.5) is 11.4 Å². The zero-order valence-electron chi connectivity index (χ0n) is 14.8. The lowest BCUT2D eigenvalue weighted by atomic mass is 10.2. The molecule has 28 heavy (non-hydrogen) atoms. The predicted molar refractivity (Wildman–Crippen MR) is 117 cm³/mol. The molecular formula is C19H17Cl2N5OS. The van der Waals surface area contributed by atoms with Gasteiger partial charge in [0.15, 0.2) is 5.69 Å². The molecule has 144 valence electrons. The van der Waals surface area contributed by atoms with Crippen molar-refractivity contribution in [1.29, 1.82) is 0 Å². The second-order valence-electron chi connectivity index (χ2n) is 6.45. The number of anilines is 1. The van der Waals surface area contributed by atoms with Crippen molar-refractivity contribution < 1.29 is 5.11 Å². The third-order valence-electron chi connectivity index (χ3n) is 4.69. The van der Waals surface area contributed by atoms with Gasteiger partial charge in [0.25, 0.3) is 0 Å². The average molecular weight is 434 g/mol. The number of piperazine rings is 1. The summed E-state index contributed by atoms with van der Waals surface area (Å²) in [5.74, 6) is -0.0589. The largest absolute Gasteiger partial charge is 0.493 e. The van der Waals surface area contributed by atoms with Crippen LogP contribution in [0.3, 0.4) is 0 Å². The molecule has 0 aliphatic carbocycles. The molecule has 0 atom stereocenters. The molecule has 2 heterocycles. The number of nitrogens with one attached hydrogen (secondary N) is 1. The topological polar surface area (TPSA) is 67.2 Å². The van der Waals surface area contributed by atoms with Crippen LogP contribution < -0.4 is 4.90 Å². The Labute approximate surface area is 177 Å². The number of aromatic nitrogens is 1. The van der Waals surface area contributed by atoms with Crippen molar-refractivity contribution in [2.75, 3.05) is 31.1 Å². The van der Waals surface area contributed by atoms with Crippen molar-refractivity contribution in [1.82, 2.24) is 9.88 Å². The van der Waals surface area contributed by atoms with Crippen molar-refractivity contribution in [3.8, 4) is 5.88 Å². The van der Waals surface area contributed by atoms with Gasteiger partial charge in [0, 0.05) is 47.3 Å². The van der Waals surface area contributed by atoms with Crippen LogP contribution in [0.15, 0.2) is 52.7 Å². The summed E-state index contributed by atoms with van der Waals surface area (Å²) in [6.45, 7) is 3.13. The second-order valence-corrected chi connectivity index (χ2v) is 7.68. The SMILES string of the molecule is Oc1[nH]c2ccc(Cl)cc2c1N=NC(=S)N1CCN(c2ccc(Cl)cc2)CC1. The summed E-state index contributed by atoms with van der Waals surface area (Å²) in [5.41, 5.74) is 2.20. The molecule has 3 aromatic rings. The molecule has 0 unspecified atom stereocenters. The summed E-state index contributed by atoms with van der Waals surface area (Å²) in [5, 5.41) is 20.8. The third-order valence-corrected chi connectivity index (χ3v) is 5.52. The number of hydrogen-bond acceptors (Lipinski definition) is 4.